The lowest BCUT2D eigenvalue weighted by molar-refractivity contribution is 0.310. The van der Waals surface area contributed by atoms with Crippen LogP contribution in [0.15, 0.2) is 41.7 Å². The maximum Gasteiger partial charge on any atom is 0.182 e. The van der Waals surface area contributed by atoms with E-state index in [0.717, 1.165) is 79.0 Å². The van der Waals surface area contributed by atoms with E-state index in [-0.39, 0.29) is 27.8 Å². The van der Waals surface area contributed by atoms with Crippen molar-refractivity contribution in [3.8, 4) is 16.9 Å². The standard InChI is InChI=1S/C29H35N5O3S/c1-29(2)9-8-24-23(14-29)28(33-18-32-24)34-10-11-37-25-7-6-20(12-22(25)16-34)21-13-26(27(30)31-15-21)38(35,36)17-19-4-3-5-19/h6-7,12-13,15,18-19H,3-5,8-11,14,16-17H2,1-2H3,(H2,30,31). The SMILES string of the molecule is CC1(C)CCc2ncnc(N3CCOc4ccc(-c5cnc(N)c(S(=O)(=O)CC6CCC6)c5)cc4C3)c2C1. The Labute approximate surface area is 224 Å². The monoisotopic (exact) mass is 533 g/mol. The number of anilines is 2. The molecule has 200 valence electrons. The number of nitrogens with zero attached hydrogens (tertiary/aromatic N) is 4. The number of aryl methyl sites for hydroxylation is 1. The molecule has 0 saturated heterocycles. The van der Waals surface area contributed by atoms with E-state index in [9.17, 15) is 8.42 Å². The largest absolute Gasteiger partial charge is 0.491 e. The van der Waals surface area contributed by atoms with Crippen LogP contribution in [0, 0.1) is 11.3 Å². The molecular weight excluding hydrogens is 498 g/mol. The maximum absolute atomic E-state index is 13.1. The smallest absolute Gasteiger partial charge is 0.182 e. The van der Waals surface area contributed by atoms with Gasteiger partial charge < -0.3 is 15.4 Å². The fourth-order valence-electron chi connectivity index (χ4n) is 5.81. The lowest BCUT2D eigenvalue weighted by Crippen LogP contribution is -2.31. The molecule has 2 aromatic heterocycles. The van der Waals surface area contributed by atoms with E-state index in [2.05, 4.69) is 34.8 Å². The van der Waals surface area contributed by atoms with E-state index < -0.39 is 9.84 Å². The van der Waals surface area contributed by atoms with Gasteiger partial charge in [-0.25, -0.2) is 23.4 Å². The molecule has 3 heterocycles. The molecule has 2 aliphatic carbocycles. The lowest BCUT2D eigenvalue weighted by atomic mass is 9.76. The van der Waals surface area contributed by atoms with E-state index in [0.29, 0.717) is 13.2 Å². The second-order valence-corrected chi connectivity index (χ2v) is 13.7. The zero-order valence-electron chi connectivity index (χ0n) is 22.1. The highest BCUT2D eigenvalue weighted by Crippen LogP contribution is 2.39. The van der Waals surface area contributed by atoms with Crippen molar-refractivity contribution in [3.05, 3.63) is 53.6 Å². The molecule has 9 heteroatoms. The normalized spacial score (nSPS) is 19.1. The van der Waals surface area contributed by atoms with Crippen LogP contribution in [0.5, 0.6) is 5.75 Å². The second-order valence-electron chi connectivity index (χ2n) is 11.7. The van der Waals surface area contributed by atoms with Gasteiger partial charge in [0.25, 0.3) is 0 Å². The van der Waals surface area contributed by atoms with Crippen molar-refractivity contribution in [2.45, 2.75) is 63.8 Å². The van der Waals surface area contributed by atoms with Crippen LogP contribution in [0.4, 0.5) is 11.6 Å². The molecule has 0 amide bonds. The average molecular weight is 534 g/mol. The molecule has 3 aromatic rings. The quantitative estimate of drug-likeness (QED) is 0.506. The molecule has 0 atom stereocenters. The van der Waals surface area contributed by atoms with Gasteiger partial charge in [-0.2, -0.15) is 0 Å². The molecule has 0 bridgehead atoms. The number of pyridine rings is 1. The van der Waals surface area contributed by atoms with Gasteiger partial charge in [0.15, 0.2) is 9.84 Å². The zero-order valence-corrected chi connectivity index (χ0v) is 22.9. The van der Waals surface area contributed by atoms with Crippen LogP contribution in [0.2, 0.25) is 0 Å². The Kier molecular flexibility index (Phi) is 6.29. The van der Waals surface area contributed by atoms with Crippen molar-refractivity contribution in [1.29, 1.82) is 0 Å². The van der Waals surface area contributed by atoms with Crippen LogP contribution in [-0.2, 0) is 29.2 Å². The van der Waals surface area contributed by atoms with Crippen molar-refractivity contribution in [2.24, 2.45) is 11.3 Å². The predicted octanol–water partition coefficient (Wildman–Crippen LogP) is 4.61. The Morgan fingerprint density at radius 2 is 1.97 bits per heavy atom. The number of ether oxygens (including phenoxy) is 1. The molecule has 0 radical (unpaired) electrons. The number of aromatic nitrogens is 3. The molecule has 1 aliphatic heterocycles. The summed E-state index contributed by atoms with van der Waals surface area (Å²) in [5.41, 5.74) is 11.3. The summed E-state index contributed by atoms with van der Waals surface area (Å²) in [4.78, 5) is 16.0. The molecule has 2 N–H and O–H groups in total. The Hall–Kier alpha value is -3.20. The van der Waals surface area contributed by atoms with Crippen LogP contribution in [0.25, 0.3) is 11.1 Å². The van der Waals surface area contributed by atoms with Gasteiger partial charge in [-0.1, -0.05) is 26.3 Å². The number of rotatable bonds is 5. The van der Waals surface area contributed by atoms with Crippen LogP contribution < -0.4 is 15.4 Å². The first kappa shape index (κ1) is 25.1. The van der Waals surface area contributed by atoms with Crippen molar-refractivity contribution in [3.63, 3.8) is 0 Å². The van der Waals surface area contributed by atoms with Crippen LogP contribution in [-0.4, -0.2) is 42.3 Å². The van der Waals surface area contributed by atoms with Gasteiger partial charge in [0.05, 0.1) is 12.3 Å². The second kappa shape index (κ2) is 9.52. The molecule has 8 nitrogen and oxygen atoms in total. The summed E-state index contributed by atoms with van der Waals surface area (Å²) < 4.78 is 32.4. The van der Waals surface area contributed by atoms with Gasteiger partial charge in [-0.05, 0) is 67.2 Å². The predicted molar refractivity (Wildman–Crippen MR) is 148 cm³/mol. The van der Waals surface area contributed by atoms with Crippen molar-refractivity contribution in [2.75, 3.05) is 29.5 Å². The van der Waals surface area contributed by atoms with Crippen LogP contribution in [0.3, 0.4) is 0 Å². The average Bonchev–Trinajstić information content (AvgIpc) is 3.07. The Bertz CT molecular complexity index is 1480. The summed E-state index contributed by atoms with van der Waals surface area (Å²) in [5, 5.41) is 0. The van der Waals surface area contributed by atoms with E-state index in [1.54, 1.807) is 18.6 Å². The summed E-state index contributed by atoms with van der Waals surface area (Å²) >= 11 is 0. The highest BCUT2D eigenvalue weighted by molar-refractivity contribution is 7.91. The third-order valence-corrected chi connectivity index (χ3v) is 10.2. The summed E-state index contributed by atoms with van der Waals surface area (Å²) in [7, 11) is -3.50. The summed E-state index contributed by atoms with van der Waals surface area (Å²) in [6, 6.07) is 7.67. The molecule has 0 unspecified atom stereocenters. The minimum atomic E-state index is -3.50. The molecule has 6 rings (SSSR count). The Morgan fingerprint density at radius 3 is 2.76 bits per heavy atom. The van der Waals surface area contributed by atoms with E-state index >= 15 is 0 Å². The fraction of sp³-hybridized carbons (Fsp3) is 0.483. The number of nitrogen functional groups attached to an aromatic ring is 1. The van der Waals surface area contributed by atoms with Crippen molar-refractivity contribution in [1.82, 2.24) is 15.0 Å². The van der Waals surface area contributed by atoms with Gasteiger partial charge >= 0.3 is 0 Å². The third-order valence-electron chi connectivity index (χ3n) is 8.28. The minimum Gasteiger partial charge on any atom is -0.491 e. The van der Waals surface area contributed by atoms with Gasteiger partial charge in [0, 0.05) is 35.1 Å². The molecule has 3 aliphatic rings. The zero-order chi connectivity index (χ0) is 26.5. The molecule has 38 heavy (non-hydrogen) atoms. The Balaban J connectivity index is 1.32. The van der Waals surface area contributed by atoms with Crippen LogP contribution in [0.1, 0.15) is 56.4 Å². The minimum absolute atomic E-state index is 0.0637. The summed E-state index contributed by atoms with van der Waals surface area (Å²) in [6.45, 7) is 6.53. The molecule has 1 saturated carbocycles. The topological polar surface area (TPSA) is 111 Å². The molecule has 1 fully saturated rings. The number of hydrogen-bond donors (Lipinski definition) is 1. The number of sulfone groups is 1. The van der Waals surface area contributed by atoms with Gasteiger partial charge in [-0.3, -0.25) is 0 Å². The number of hydrogen-bond acceptors (Lipinski definition) is 8. The fourth-order valence-corrected chi connectivity index (χ4v) is 7.62. The van der Waals surface area contributed by atoms with Gasteiger partial charge in [0.2, 0.25) is 0 Å². The van der Waals surface area contributed by atoms with E-state index in [1.807, 2.05) is 12.1 Å². The molecule has 1 aromatic carbocycles. The molecular formula is C29H35N5O3S. The maximum atomic E-state index is 13.1. The highest BCUT2D eigenvalue weighted by atomic mass is 32.2. The summed E-state index contributed by atoms with van der Waals surface area (Å²) in [6.07, 6.45) is 9.40. The number of fused-ring (bicyclic) bond motifs is 2. The number of benzene rings is 1. The van der Waals surface area contributed by atoms with Crippen LogP contribution >= 0.6 is 0 Å². The lowest BCUT2D eigenvalue weighted by Gasteiger charge is -2.33. The first-order valence-electron chi connectivity index (χ1n) is 13.5. The van der Waals surface area contributed by atoms with Crippen molar-refractivity contribution >= 4 is 21.5 Å². The molecule has 0 spiro atoms. The first-order valence-corrected chi connectivity index (χ1v) is 15.2. The van der Waals surface area contributed by atoms with Gasteiger partial charge in [-0.15, -0.1) is 0 Å². The van der Waals surface area contributed by atoms with E-state index in [1.165, 1.54) is 5.56 Å². The van der Waals surface area contributed by atoms with E-state index in [4.69, 9.17) is 15.5 Å². The Morgan fingerprint density at radius 1 is 1.13 bits per heavy atom. The highest BCUT2D eigenvalue weighted by Gasteiger charge is 2.31. The third kappa shape index (κ3) is 4.84. The van der Waals surface area contributed by atoms with Crippen molar-refractivity contribution < 1.29 is 13.2 Å². The summed E-state index contributed by atoms with van der Waals surface area (Å²) in [5.74, 6) is 2.24. The van der Waals surface area contributed by atoms with Gasteiger partial charge in [0.1, 0.15) is 35.2 Å². The first-order chi connectivity index (χ1) is 18.2. The number of nitrogens with two attached hydrogens (primary N) is 1.